The fraction of sp³-hybridized carbons (Fsp3) is 0.722. The first-order chi connectivity index (χ1) is 9.86. The zero-order chi connectivity index (χ0) is 14.2. The van der Waals surface area contributed by atoms with Gasteiger partial charge in [0.2, 0.25) is 0 Å². The summed E-state index contributed by atoms with van der Waals surface area (Å²) in [5, 5.41) is 3.55. The summed E-state index contributed by atoms with van der Waals surface area (Å²) >= 11 is 0. The first-order valence-corrected chi connectivity index (χ1v) is 8.47. The number of likely N-dealkylation sites (N-methyl/N-ethyl adjacent to an activating group) is 1. The van der Waals surface area contributed by atoms with Crippen LogP contribution in [0.25, 0.3) is 0 Å². The van der Waals surface area contributed by atoms with Crippen LogP contribution in [0.1, 0.15) is 75.5 Å². The van der Waals surface area contributed by atoms with Gasteiger partial charge in [-0.2, -0.15) is 0 Å². The molecule has 1 aromatic rings. The molecule has 1 N–H and O–H groups in total. The van der Waals surface area contributed by atoms with E-state index in [0.29, 0.717) is 12.0 Å². The van der Waals surface area contributed by atoms with E-state index >= 15 is 0 Å². The van der Waals surface area contributed by atoms with Crippen LogP contribution in [0.2, 0.25) is 0 Å². The van der Waals surface area contributed by atoms with E-state index in [1.54, 1.807) is 0 Å². The highest BCUT2D eigenvalue weighted by atomic mass is 14.9. The van der Waals surface area contributed by atoms with Gasteiger partial charge in [-0.1, -0.05) is 51.5 Å². The van der Waals surface area contributed by atoms with E-state index in [-0.39, 0.29) is 0 Å². The minimum atomic E-state index is 0.609. The molecular weight excluding hydrogens is 244 g/mol. The van der Waals surface area contributed by atoms with Crippen LogP contribution in [0.5, 0.6) is 0 Å². The maximum atomic E-state index is 4.64. The fourth-order valence-corrected chi connectivity index (χ4v) is 3.53. The molecule has 0 saturated carbocycles. The smallest absolute Gasteiger partial charge is 0.0482 e. The Kier molecular flexibility index (Phi) is 6.52. The van der Waals surface area contributed by atoms with Crippen molar-refractivity contribution in [1.82, 2.24) is 10.3 Å². The second-order valence-corrected chi connectivity index (χ2v) is 6.14. The minimum absolute atomic E-state index is 0.609. The molecule has 20 heavy (non-hydrogen) atoms. The number of unbranched alkanes of at least 4 members (excludes halogenated alkanes) is 5. The molecule has 2 nitrogen and oxygen atoms in total. The lowest BCUT2D eigenvalue weighted by atomic mass is 9.92. The molecule has 2 unspecified atom stereocenters. The largest absolute Gasteiger partial charge is 0.316 e. The highest BCUT2D eigenvalue weighted by molar-refractivity contribution is 5.29. The van der Waals surface area contributed by atoms with Crippen molar-refractivity contribution in [1.29, 1.82) is 0 Å². The average Bonchev–Trinajstić information content (AvgIpc) is 2.91. The third-order valence-corrected chi connectivity index (χ3v) is 4.73. The second-order valence-electron chi connectivity index (χ2n) is 6.14. The van der Waals surface area contributed by atoms with E-state index in [2.05, 4.69) is 36.4 Å². The third-order valence-electron chi connectivity index (χ3n) is 4.73. The van der Waals surface area contributed by atoms with Gasteiger partial charge in [-0.25, -0.2) is 0 Å². The van der Waals surface area contributed by atoms with Gasteiger partial charge < -0.3 is 5.32 Å². The van der Waals surface area contributed by atoms with Crippen molar-refractivity contribution in [2.24, 2.45) is 0 Å². The lowest BCUT2D eigenvalue weighted by Gasteiger charge is -2.23. The van der Waals surface area contributed by atoms with Gasteiger partial charge in [0.1, 0.15) is 0 Å². The molecule has 2 rings (SSSR count). The molecule has 1 aliphatic carbocycles. The summed E-state index contributed by atoms with van der Waals surface area (Å²) in [5.74, 6) is 0.631. The molecule has 0 spiro atoms. The minimum Gasteiger partial charge on any atom is -0.316 e. The molecule has 1 aliphatic rings. The number of nitrogens with one attached hydrogen (secondary N) is 1. The number of rotatable bonds is 9. The molecular formula is C18H30N2. The number of nitrogens with zero attached hydrogens (tertiary/aromatic N) is 1. The molecule has 0 amide bonds. The number of hydrogen-bond donors (Lipinski definition) is 1. The van der Waals surface area contributed by atoms with Crippen LogP contribution < -0.4 is 5.32 Å². The summed E-state index contributed by atoms with van der Waals surface area (Å²) in [6, 6.07) is 4.93. The molecule has 0 radical (unpaired) electrons. The van der Waals surface area contributed by atoms with E-state index in [0.717, 1.165) is 0 Å². The Morgan fingerprint density at radius 1 is 1.25 bits per heavy atom. The zero-order valence-electron chi connectivity index (χ0n) is 13.2. The molecule has 2 atom stereocenters. The molecule has 0 saturated heterocycles. The summed E-state index contributed by atoms with van der Waals surface area (Å²) in [6.45, 7) is 2.28. The Labute approximate surface area is 124 Å². The zero-order valence-corrected chi connectivity index (χ0v) is 13.2. The molecule has 0 fully saturated rings. The Morgan fingerprint density at radius 2 is 2.05 bits per heavy atom. The van der Waals surface area contributed by atoms with E-state index in [1.807, 2.05) is 6.20 Å². The topological polar surface area (TPSA) is 24.9 Å². The van der Waals surface area contributed by atoms with Crippen molar-refractivity contribution < 1.29 is 0 Å². The van der Waals surface area contributed by atoms with Gasteiger partial charge in [-0.15, -0.1) is 0 Å². The maximum absolute atomic E-state index is 4.64. The maximum Gasteiger partial charge on any atom is 0.0482 e. The van der Waals surface area contributed by atoms with Crippen molar-refractivity contribution in [2.75, 3.05) is 7.05 Å². The van der Waals surface area contributed by atoms with Gasteiger partial charge >= 0.3 is 0 Å². The summed E-state index contributed by atoms with van der Waals surface area (Å²) in [6.07, 6.45) is 14.0. The normalized spacial score (nSPS) is 19.0. The summed E-state index contributed by atoms with van der Waals surface area (Å²) in [5.41, 5.74) is 2.83. The number of aromatic nitrogens is 1. The Balaban J connectivity index is 1.78. The fourth-order valence-electron chi connectivity index (χ4n) is 3.53. The molecule has 1 aromatic heterocycles. The van der Waals surface area contributed by atoms with E-state index in [1.165, 1.54) is 69.0 Å². The first kappa shape index (κ1) is 15.5. The van der Waals surface area contributed by atoms with Crippen LogP contribution in [0.4, 0.5) is 0 Å². The number of aryl methyl sites for hydroxylation is 1. The molecule has 0 aliphatic heterocycles. The second kappa shape index (κ2) is 8.41. The lowest BCUT2D eigenvalue weighted by Crippen LogP contribution is -2.31. The molecule has 0 aromatic carbocycles. The Morgan fingerprint density at radius 3 is 2.85 bits per heavy atom. The standard InChI is InChI=1S/C18H30N2/c1-3-4-5-6-7-8-11-17(19-2)16-13-12-15-10-9-14-20-18(15)16/h9-10,14,16-17,19H,3-8,11-13H2,1-2H3. The summed E-state index contributed by atoms with van der Waals surface area (Å²) in [7, 11) is 2.11. The van der Waals surface area contributed by atoms with Gasteiger partial charge in [0, 0.05) is 23.9 Å². The van der Waals surface area contributed by atoms with Crippen molar-refractivity contribution in [3.63, 3.8) is 0 Å². The first-order valence-electron chi connectivity index (χ1n) is 8.47. The predicted octanol–water partition coefficient (Wildman–Crippen LogP) is 4.45. The van der Waals surface area contributed by atoms with Gasteiger partial charge in [0.05, 0.1) is 0 Å². The van der Waals surface area contributed by atoms with Gasteiger partial charge in [-0.3, -0.25) is 4.98 Å². The highest BCUT2D eigenvalue weighted by Gasteiger charge is 2.29. The monoisotopic (exact) mass is 274 g/mol. The Bertz CT molecular complexity index is 389. The van der Waals surface area contributed by atoms with Gasteiger partial charge in [0.15, 0.2) is 0 Å². The third kappa shape index (κ3) is 4.05. The lowest BCUT2D eigenvalue weighted by molar-refractivity contribution is 0.408. The van der Waals surface area contributed by atoms with Crippen LogP contribution in [0.3, 0.4) is 0 Å². The Hall–Kier alpha value is -0.890. The SMILES string of the molecule is CCCCCCCCC(NC)C1CCc2cccnc21. The molecule has 2 heteroatoms. The van der Waals surface area contributed by atoms with Crippen LogP contribution in [0, 0.1) is 0 Å². The van der Waals surface area contributed by atoms with Gasteiger partial charge in [-0.05, 0) is 37.9 Å². The summed E-state index contributed by atoms with van der Waals surface area (Å²) < 4.78 is 0. The van der Waals surface area contributed by atoms with Crippen LogP contribution in [0.15, 0.2) is 18.3 Å². The van der Waals surface area contributed by atoms with E-state index in [4.69, 9.17) is 0 Å². The van der Waals surface area contributed by atoms with Crippen LogP contribution >= 0.6 is 0 Å². The van der Waals surface area contributed by atoms with Gasteiger partial charge in [0.25, 0.3) is 0 Å². The van der Waals surface area contributed by atoms with Crippen molar-refractivity contribution in [3.8, 4) is 0 Å². The van der Waals surface area contributed by atoms with E-state index in [9.17, 15) is 0 Å². The number of pyridine rings is 1. The van der Waals surface area contributed by atoms with Crippen molar-refractivity contribution in [3.05, 3.63) is 29.6 Å². The van der Waals surface area contributed by atoms with Crippen molar-refractivity contribution in [2.45, 2.75) is 76.7 Å². The van der Waals surface area contributed by atoms with Crippen molar-refractivity contribution >= 4 is 0 Å². The van der Waals surface area contributed by atoms with Crippen LogP contribution in [-0.2, 0) is 6.42 Å². The number of fused-ring (bicyclic) bond motifs is 1. The highest BCUT2D eigenvalue weighted by Crippen LogP contribution is 2.35. The summed E-state index contributed by atoms with van der Waals surface area (Å²) in [4.78, 5) is 4.64. The quantitative estimate of drug-likeness (QED) is 0.673. The predicted molar refractivity (Wildman–Crippen MR) is 86.1 cm³/mol. The van der Waals surface area contributed by atoms with Crippen LogP contribution in [-0.4, -0.2) is 18.1 Å². The molecule has 112 valence electrons. The van der Waals surface area contributed by atoms with E-state index < -0.39 is 0 Å². The molecule has 1 heterocycles. The number of hydrogen-bond acceptors (Lipinski definition) is 2. The molecule has 0 bridgehead atoms. The average molecular weight is 274 g/mol.